The lowest BCUT2D eigenvalue weighted by Gasteiger charge is -2.28. The van der Waals surface area contributed by atoms with Gasteiger partial charge in [0.2, 0.25) is 0 Å². The predicted molar refractivity (Wildman–Crippen MR) is 89.8 cm³/mol. The van der Waals surface area contributed by atoms with Gasteiger partial charge in [-0.1, -0.05) is 30.7 Å². The molecule has 24 heavy (non-hydrogen) atoms. The fraction of sp³-hybridized carbons (Fsp3) is 0.556. The largest absolute Gasteiger partial charge is 0.468 e. The van der Waals surface area contributed by atoms with Crippen LogP contribution < -0.4 is 0 Å². The van der Waals surface area contributed by atoms with Crippen molar-refractivity contribution in [3.8, 4) is 0 Å². The Morgan fingerprint density at radius 2 is 1.88 bits per heavy atom. The van der Waals surface area contributed by atoms with Gasteiger partial charge in [-0.15, -0.1) is 0 Å². The molecule has 6 heteroatoms. The Labute approximate surface area is 147 Å². The van der Waals surface area contributed by atoms with Crippen LogP contribution in [0.25, 0.3) is 0 Å². The Kier molecular flexibility index (Phi) is 6.01. The van der Waals surface area contributed by atoms with Crippen molar-refractivity contribution in [3.05, 3.63) is 34.9 Å². The Bertz CT molecular complexity index is 600. The molecule has 1 aliphatic rings. The minimum atomic E-state index is -1.17. The number of ether oxygens (including phenoxy) is 3. The zero-order valence-electron chi connectivity index (χ0n) is 14.3. The normalized spacial score (nSPS) is 26.6. The van der Waals surface area contributed by atoms with E-state index in [0.717, 1.165) is 5.56 Å². The van der Waals surface area contributed by atoms with Gasteiger partial charge in [0.05, 0.1) is 19.1 Å². The highest BCUT2D eigenvalue weighted by Gasteiger charge is 2.59. The molecule has 5 nitrogen and oxygen atoms in total. The number of carbonyl (C=O) groups is 2. The van der Waals surface area contributed by atoms with Gasteiger partial charge in [-0.2, -0.15) is 0 Å². The van der Waals surface area contributed by atoms with Gasteiger partial charge in [-0.25, -0.2) is 0 Å². The number of methoxy groups -OCH3 is 2. The monoisotopic (exact) mass is 354 g/mol. The Balaban J connectivity index is 2.27. The summed E-state index contributed by atoms with van der Waals surface area (Å²) in [6, 6.07) is 7.17. The lowest BCUT2D eigenvalue weighted by Crippen LogP contribution is -2.44. The van der Waals surface area contributed by atoms with Gasteiger partial charge in [0.15, 0.2) is 5.78 Å². The van der Waals surface area contributed by atoms with Crippen molar-refractivity contribution < 1.29 is 23.8 Å². The van der Waals surface area contributed by atoms with Gasteiger partial charge >= 0.3 is 5.97 Å². The van der Waals surface area contributed by atoms with Gasteiger partial charge in [0.25, 0.3) is 0 Å². The summed E-state index contributed by atoms with van der Waals surface area (Å²) >= 11 is 5.91. The molecule has 0 N–H and O–H groups in total. The number of halogens is 1. The van der Waals surface area contributed by atoms with Crippen LogP contribution in [0.4, 0.5) is 0 Å². The molecule has 1 fully saturated rings. The molecule has 0 saturated heterocycles. The summed E-state index contributed by atoms with van der Waals surface area (Å²) in [6.45, 7) is 2.17. The van der Waals surface area contributed by atoms with Crippen LogP contribution in [-0.2, 0) is 30.2 Å². The van der Waals surface area contributed by atoms with Crippen molar-refractivity contribution in [2.45, 2.75) is 26.2 Å². The summed E-state index contributed by atoms with van der Waals surface area (Å²) in [4.78, 5) is 25.7. The van der Waals surface area contributed by atoms with E-state index in [9.17, 15) is 9.59 Å². The number of Topliss-reactive ketones (excluding diaryl/α,β-unsaturated/α-hetero) is 1. The molecule has 0 heterocycles. The first-order chi connectivity index (χ1) is 11.4. The highest BCUT2D eigenvalue weighted by Crippen LogP contribution is 2.48. The number of rotatable bonds is 7. The number of benzene rings is 1. The van der Waals surface area contributed by atoms with Gasteiger partial charge < -0.3 is 14.2 Å². The van der Waals surface area contributed by atoms with Gasteiger partial charge in [-0.3, -0.25) is 9.59 Å². The first-order valence-electron chi connectivity index (χ1n) is 7.82. The van der Waals surface area contributed by atoms with E-state index < -0.39 is 16.8 Å². The van der Waals surface area contributed by atoms with Crippen LogP contribution in [0.3, 0.4) is 0 Å². The van der Waals surface area contributed by atoms with E-state index in [2.05, 4.69) is 0 Å². The summed E-state index contributed by atoms with van der Waals surface area (Å²) in [5.74, 6) is -0.620. The molecule has 0 bridgehead atoms. The third-order valence-corrected chi connectivity index (χ3v) is 4.96. The third kappa shape index (κ3) is 3.63. The van der Waals surface area contributed by atoms with Crippen molar-refractivity contribution in [1.82, 2.24) is 0 Å². The van der Waals surface area contributed by atoms with E-state index in [4.69, 9.17) is 25.8 Å². The first-order valence-corrected chi connectivity index (χ1v) is 8.20. The zero-order valence-corrected chi connectivity index (χ0v) is 15.0. The quantitative estimate of drug-likeness (QED) is 0.326. The number of esters is 1. The van der Waals surface area contributed by atoms with Crippen molar-refractivity contribution >= 4 is 23.4 Å². The summed E-state index contributed by atoms with van der Waals surface area (Å²) in [5, 5.41) is 0.612. The van der Waals surface area contributed by atoms with Crippen LogP contribution in [0.5, 0.6) is 0 Å². The first kappa shape index (κ1) is 18.9. The number of hydrogen-bond acceptors (Lipinski definition) is 5. The zero-order chi connectivity index (χ0) is 17.8. The van der Waals surface area contributed by atoms with E-state index in [1.54, 1.807) is 12.1 Å². The van der Waals surface area contributed by atoms with Crippen molar-refractivity contribution in [1.29, 1.82) is 0 Å². The molecule has 0 spiro atoms. The lowest BCUT2D eigenvalue weighted by molar-refractivity contribution is -0.159. The van der Waals surface area contributed by atoms with E-state index >= 15 is 0 Å². The van der Waals surface area contributed by atoms with Gasteiger partial charge in [0.1, 0.15) is 12.2 Å². The number of carbonyl (C=O) groups excluding carboxylic acids is 2. The molecule has 0 aromatic heterocycles. The van der Waals surface area contributed by atoms with Crippen molar-refractivity contribution in [2.75, 3.05) is 27.6 Å². The van der Waals surface area contributed by atoms with Crippen LogP contribution in [0, 0.1) is 10.8 Å². The van der Waals surface area contributed by atoms with Gasteiger partial charge in [0, 0.05) is 12.1 Å². The number of ketones is 1. The second-order valence-corrected chi connectivity index (χ2v) is 6.96. The average Bonchev–Trinajstić information content (AvgIpc) is 2.83. The van der Waals surface area contributed by atoms with Gasteiger partial charge in [-0.05, 0) is 37.0 Å². The smallest absolute Gasteiger partial charge is 0.319 e. The third-order valence-electron chi connectivity index (χ3n) is 4.70. The summed E-state index contributed by atoms with van der Waals surface area (Å²) in [6.07, 6.45) is 1.31. The molecule has 0 radical (unpaired) electrons. The van der Waals surface area contributed by atoms with E-state index in [1.165, 1.54) is 14.2 Å². The standard InChI is InChI=1S/C18H23ClO5/c1-17(11-24-12-22-2)8-9-18(15(17)20,16(21)23-3)10-13-4-6-14(19)7-5-13/h4-7H,8-12H2,1-3H3. The molecule has 1 saturated carbocycles. The summed E-state index contributed by atoms with van der Waals surface area (Å²) in [7, 11) is 2.84. The molecule has 1 aliphatic carbocycles. The maximum atomic E-state index is 13.2. The van der Waals surface area contributed by atoms with Crippen LogP contribution >= 0.6 is 11.6 Å². The van der Waals surface area contributed by atoms with E-state index in [1.807, 2.05) is 19.1 Å². The fourth-order valence-electron chi connectivity index (χ4n) is 3.36. The number of hydrogen-bond donors (Lipinski definition) is 0. The Hall–Kier alpha value is -1.43. The second-order valence-electron chi connectivity index (χ2n) is 6.52. The predicted octanol–water partition coefficient (Wildman–Crippen LogP) is 3.03. The molecule has 0 aliphatic heterocycles. The van der Waals surface area contributed by atoms with Crippen molar-refractivity contribution in [3.63, 3.8) is 0 Å². The minimum Gasteiger partial charge on any atom is -0.468 e. The van der Waals surface area contributed by atoms with Crippen molar-refractivity contribution in [2.24, 2.45) is 10.8 Å². The Morgan fingerprint density at radius 1 is 1.21 bits per heavy atom. The van der Waals surface area contributed by atoms with E-state index in [-0.39, 0.29) is 19.2 Å². The molecule has 2 rings (SSSR count). The van der Waals surface area contributed by atoms with Crippen LogP contribution in [0.15, 0.2) is 24.3 Å². The van der Waals surface area contributed by atoms with Crippen LogP contribution in [0.2, 0.25) is 5.02 Å². The molecule has 132 valence electrons. The maximum absolute atomic E-state index is 13.2. The Morgan fingerprint density at radius 3 is 2.46 bits per heavy atom. The molecular weight excluding hydrogens is 332 g/mol. The lowest BCUT2D eigenvalue weighted by atomic mass is 9.75. The maximum Gasteiger partial charge on any atom is 0.319 e. The molecule has 0 amide bonds. The SMILES string of the molecule is COCOCC1(C)CCC(Cc2ccc(Cl)cc2)(C(=O)OC)C1=O. The summed E-state index contributed by atoms with van der Waals surface area (Å²) in [5.41, 5.74) is -1.02. The molecule has 1 aromatic carbocycles. The molecule has 1 aromatic rings. The van der Waals surface area contributed by atoms with Crippen LogP contribution in [-0.4, -0.2) is 39.4 Å². The summed E-state index contributed by atoms with van der Waals surface area (Å²) < 4.78 is 15.2. The van der Waals surface area contributed by atoms with Crippen LogP contribution in [0.1, 0.15) is 25.3 Å². The minimum absolute atomic E-state index is 0.116. The highest BCUT2D eigenvalue weighted by molar-refractivity contribution is 6.30. The molecular formula is C18H23ClO5. The highest BCUT2D eigenvalue weighted by atomic mass is 35.5. The topological polar surface area (TPSA) is 61.8 Å². The molecule has 2 atom stereocenters. The fourth-order valence-corrected chi connectivity index (χ4v) is 3.49. The van der Waals surface area contributed by atoms with E-state index in [0.29, 0.717) is 24.3 Å². The molecule has 2 unspecified atom stereocenters. The average molecular weight is 355 g/mol. The second kappa shape index (κ2) is 7.64.